The van der Waals surface area contributed by atoms with Crippen molar-refractivity contribution in [2.75, 3.05) is 52.2 Å². The number of halogens is 1. The van der Waals surface area contributed by atoms with Gasteiger partial charge in [-0.1, -0.05) is 42.3 Å². The summed E-state index contributed by atoms with van der Waals surface area (Å²) in [5, 5.41) is 14.7. The number of allylic oxidation sites excluding steroid dienone is 3. The summed E-state index contributed by atoms with van der Waals surface area (Å²) in [5.74, 6) is -1.03. The zero-order valence-electron chi connectivity index (χ0n) is 33.2. The van der Waals surface area contributed by atoms with Gasteiger partial charge in [0, 0.05) is 51.0 Å². The standard InChI is InChI=1S/C39H54ClN3O12S/c1-22-10-9-11-30(50-8)39(48)20-29(53-37(47)41-39)23(2)35-38(4,55-35)31(19-33(45)43(6)27-17-25(16-22)18-28(49-7)34(27)40)54-36(46)24(3)42(5)32(44)13-15-56-26-12-14-51-52-21-26/h9-11,17-18,23-24,26,29-31,35,48H,12-16,19-21H2,1-8H3,(H,41,47)/b11-9+,22-10+/t23-,24+,26?,29+,30-,31+,35+,38+,39+/m1/s1. The Bertz CT molecular complexity index is 1690. The van der Waals surface area contributed by atoms with E-state index < -0.39 is 65.7 Å². The summed E-state index contributed by atoms with van der Waals surface area (Å²) < 4.78 is 29.3. The van der Waals surface area contributed by atoms with Gasteiger partial charge in [-0.15, -0.1) is 0 Å². The molecule has 56 heavy (non-hydrogen) atoms. The minimum absolute atomic E-state index is 0.0542. The first kappa shape index (κ1) is 43.7. The maximum Gasteiger partial charge on any atom is 0.409 e. The minimum atomic E-state index is -1.83. The Morgan fingerprint density at radius 1 is 1.23 bits per heavy atom. The van der Waals surface area contributed by atoms with Crippen LogP contribution in [0.2, 0.25) is 5.02 Å². The molecule has 4 bridgehead atoms. The van der Waals surface area contributed by atoms with Crippen molar-refractivity contribution in [2.24, 2.45) is 5.92 Å². The smallest absolute Gasteiger partial charge is 0.409 e. The van der Waals surface area contributed by atoms with Crippen LogP contribution in [0.5, 0.6) is 5.75 Å². The second-order valence-electron chi connectivity index (χ2n) is 15.0. The summed E-state index contributed by atoms with van der Waals surface area (Å²) in [6, 6.07) is 2.60. The van der Waals surface area contributed by atoms with Crippen LogP contribution in [0.3, 0.4) is 0 Å². The average Bonchev–Trinajstić information content (AvgIpc) is 3.87. The number of hydrogen-bond acceptors (Lipinski definition) is 13. The van der Waals surface area contributed by atoms with Gasteiger partial charge in [-0.2, -0.15) is 11.8 Å². The van der Waals surface area contributed by atoms with Gasteiger partial charge in [-0.05, 0) is 51.3 Å². The fourth-order valence-corrected chi connectivity index (χ4v) is 8.64. The Morgan fingerprint density at radius 3 is 2.66 bits per heavy atom. The van der Waals surface area contributed by atoms with E-state index >= 15 is 0 Å². The zero-order chi connectivity index (χ0) is 40.9. The van der Waals surface area contributed by atoms with Gasteiger partial charge in [-0.3, -0.25) is 14.9 Å². The largest absolute Gasteiger partial charge is 0.495 e. The number of aliphatic hydroxyl groups is 1. The minimum Gasteiger partial charge on any atom is -0.495 e. The van der Waals surface area contributed by atoms with Gasteiger partial charge in [0.25, 0.3) is 0 Å². The van der Waals surface area contributed by atoms with E-state index in [-0.39, 0.29) is 35.4 Å². The molecule has 1 aromatic carbocycles. The first-order valence-electron chi connectivity index (χ1n) is 18.7. The number of likely N-dealkylation sites (N-methyl/N-ethyl adjacent to an activating group) is 1. The van der Waals surface area contributed by atoms with Crippen molar-refractivity contribution < 1.29 is 57.7 Å². The van der Waals surface area contributed by atoms with Gasteiger partial charge >= 0.3 is 12.1 Å². The van der Waals surface area contributed by atoms with Crippen LogP contribution < -0.4 is 15.0 Å². The molecule has 4 heterocycles. The summed E-state index contributed by atoms with van der Waals surface area (Å²) in [6.07, 6.45) is 1.92. The van der Waals surface area contributed by atoms with Crippen LogP contribution in [0.25, 0.3) is 0 Å². The summed E-state index contributed by atoms with van der Waals surface area (Å²) in [5.41, 5.74) is -0.934. The first-order valence-corrected chi connectivity index (χ1v) is 20.1. The SMILES string of the molecule is COc1cc2cc(c1Cl)N(C)C(=O)C[C@H](OC(=O)[C@H](C)N(C)C(=O)CCSC1CCOOC1)[C@]1(C)O[C@H]1[C@H](C)[C@@H]1C[C@@](O)(NC(=O)O1)[C@H](OC)/C=C/C=C(\C)C2. The Kier molecular flexibility index (Phi) is 14.4. The highest BCUT2D eigenvalue weighted by Crippen LogP contribution is 2.49. The van der Waals surface area contributed by atoms with Crippen molar-refractivity contribution in [1.29, 1.82) is 0 Å². The van der Waals surface area contributed by atoms with Gasteiger partial charge in [-0.25, -0.2) is 19.4 Å². The Hall–Kier alpha value is -3.38. The molecule has 0 saturated carbocycles. The monoisotopic (exact) mass is 823 g/mol. The number of hydrogen-bond donors (Lipinski definition) is 2. The first-order chi connectivity index (χ1) is 26.5. The number of esters is 1. The number of thioether (sulfide) groups is 1. The molecule has 1 unspecified atom stereocenters. The number of nitrogens with zero attached hydrogens (tertiary/aromatic N) is 2. The number of carbonyl (C=O) groups excluding carboxylic acids is 4. The van der Waals surface area contributed by atoms with Gasteiger partial charge in [0.2, 0.25) is 11.8 Å². The lowest BCUT2D eigenvalue weighted by atomic mass is 9.83. The second-order valence-corrected chi connectivity index (χ2v) is 16.8. The van der Waals surface area contributed by atoms with Crippen molar-refractivity contribution >= 4 is 52.9 Å². The third-order valence-electron chi connectivity index (χ3n) is 11.1. The molecule has 2 N–H and O–H groups in total. The molecule has 0 radical (unpaired) electrons. The van der Waals surface area contributed by atoms with E-state index in [1.807, 2.05) is 13.0 Å². The van der Waals surface area contributed by atoms with E-state index in [0.717, 1.165) is 17.6 Å². The molecule has 5 rings (SSSR count). The number of carbonyl (C=O) groups is 4. The molecule has 4 aliphatic heterocycles. The number of benzene rings is 1. The molecule has 3 fully saturated rings. The van der Waals surface area contributed by atoms with E-state index in [4.69, 9.17) is 45.1 Å². The predicted molar refractivity (Wildman–Crippen MR) is 208 cm³/mol. The van der Waals surface area contributed by atoms with Gasteiger partial charge < -0.3 is 38.6 Å². The number of methoxy groups -OCH3 is 2. The van der Waals surface area contributed by atoms with Crippen LogP contribution in [-0.2, 0) is 49.5 Å². The maximum atomic E-state index is 14.2. The third-order valence-corrected chi connectivity index (χ3v) is 12.7. The van der Waals surface area contributed by atoms with Crippen LogP contribution in [-0.4, -0.2) is 128 Å². The van der Waals surface area contributed by atoms with Gasteiger partial charge in [0.1, 0.15) is 40.7 Å². The number of fused-ring (bicyclic) bond motifs is 5. The molecule has 310 valence electrons. The lowest BCUT2D eigenvalue weighted by Crippen LogP contribution is -2.63. The maximum absolute atomic E-state index is 14.2. The molecule has 0 aromatic heterocycles. The summed E-state index contributed by atoms with van der Waals surface area (Å²) in [4.78, 5) is 66.8. The summed E-state index contributed by atoms with van der Waals surface area (Å²) in [7, 11) is 6.04. The fraction of sp³-hybridized carbons (Fsp3) is 0.641. The molecule has 9 atom stereocenters. The lowest BCUT2D eigenvalue weighted by molar-refractivity contribution is -0.310. The number of alkyl carbamates (subject to hydrolysis) is 1. The predicted octanol–water partition coefficient (Wildman–Crippen LogP) is 4.36. The highest BCUT2D eigenvalue weighted by molar-refractivity contribution is 7.99. The fourth-order valence-electron chi connectivity index (χ4n) is 7.28. The number of ether oxygens (including phenoxy) is 5. The van der Waals surface area contributed by atoms with Crippen molar-refractivity contribution in [3.63, 3.8) is 0 Å². The topological polar surface area (TPSA) is 175 Å². The lowest BCUT2D eigenvalue weighted by Gasteiger charge is -2.42. The van der Waals surface area contributed by atoms with Crippen molar-refractivity contribution in [3.05, 3.63) is 46.5 Å². The normalized spacial score (nSPS) is 33.1. The van der Waals surface area contributed by atoms with Crippen LogP contribution in [0.1, 0.15) is 58.9 Å². The van der Waals surface area contributed by atoms with Crippen molar-refractivity contribution in [2.45, 2.75) is 107 Å². The molecule has 17 heteroatoms. The van der Waals surface area contributed by atoms with Gasteiger partial charge in [0.15, 0.2) is 5.72 Å². The Labute approximate surface area is 337 Å². The third kappa shape index (κ3) is 10.0. The second kappa shape index (κ2) is 18.5. The number of rotatable bonds is 9. The highest BCUT2D eigenvalue weighted by Gasteiger charge is 2.64. The molecule has 0 aliphatic carbocycles. The van der Waals surface area contributed by atoms with E-state index in [9.17, 15) is 24.3 Å². The molecular weight excluding hydrogens is 770 g/mol. The zero-order valence-corrected chi connectivity index (χ0v) is 34.8. The number of anilines is 1. The van der Waals surface area contributed by atoms with Crippen LogP contribution in [0, 0.1) is 5.92 Å². The quantitative estimate of drug-likeness (QED) is 0.205. The summed E-state index contributed by atoms with van der Waals surface area (Å²) in [6.45, 7) is 7.96. The molecule has 4 aliphatic rings. The van der Waals surface area contributed by atoms with E-state index in [1.165, 1.54) is 31.1 Å². The van der Waals surface area contributed by atoms with Gasteiger partial charge in [0.05, 0.1) is 38.5 Å². The number of epoxide rings is 1. The van der Waals surface area contributed by atoms with Crippen molar-refractivity contribution in [1.82, 2.24) is 10.2 Å². The van der Waals surface area contributed by atoms with E-state index in [2.05, 4.69) is 5.32 Å². The number of amides is 3. The molecule has 1 aromatic rings. The highest BCUT2D eigenvalue weighted by atomic mass is 35.5. The Balaban J connectivity index is 1.44. The van der Waals surface area contributed by atoms with Crippen molar-refractivity contribution in [3.8, 4) is 5.75 Å². The molecule has 0 spiro atoms. The van der Waals surface area contributed by atoms with Crippen LogP contribution in [0.4, 0.5) is 10.5 Å². The molecule has 15 nitrogen and oxygen atoms in total. The number of nitrogens with one attached hydrogen (secondary N) is 1. The van der Waals surface area contributed by atoms with Crippen LogP contribution in [0.15, 0.2) is 35.9 Å². The average molecular weight is 824 g/mol. The summed E-state index contributed by atoms with van der Waals surface area (Å²) >= 11 is 8.39. The molecule has 3 saturated heterocycles. The molecular formula is C39H54ClN3O12S. The molecule has 3 amide bonds. The Morgan fingerprint density at radius 2 is 1.98 bits per heavy atom. The van der Waals surface area contributed by atoms with E-state index in [1.54, 1.807) is 63.9 Å². The van der Waals surface area contributed by atoms with Crippen LogP contribution >= 0.6 is 23.4 Å². The van der Waals surface area contributed by atoms with E-state index in [0.29, 0.717) is 36.8 Å².